The van der Waals surface area contributed by atoms with Crippen molar-refractivity contribution >= 4 is 38.9 Å². The molecule has 2 aromatic rings. The van der Waals surface area contributed by atoms with Crippen LogP contribution in [0, 0.1) is 17.8 Å². The van der Waals surface area contributed by atoms with Crippen LogP contribution in [0.5, 0.6) is 0 Å². The Morgan fingerprint density at radius 2 is 1.80 bits per heavy atom. The Kier molecular flexibility index (Phi) is 6.25. The molecule has 25 heavy (non-hydrogen) atoms. The van der Waals surface area contributed by atoms with Crippen molar-refractivity contribution in [2.24, 2.45) is 5.92 Å². The first-order valence-electron chi connectivity index (χ1n) is 7.31. The Balaban J connectivity index is 2.20. The number of hydrogen-bond donors (Lipinski definition) is 2. The highest BCUT2D eigenvalue weighted by Gasteiger charge is 2.28. The van der Waals surface area contributed by atoms with E-state index >= 15 is 0 Å². The van der Waals surface area contributed by atoms with E-state index in [0.717, 1.165) is 16.9 Å². The third-order valence-electron chi connectivity index (χ3n) is 3.24. The number of benzene rings is 1. The molecular weight excluding hydrogens is 382 g/mol. The Bertz CT molecular complexity index is 922. The summed E-state index contributed by atoms with van der Waals surface area (Å²) in [6.45, 7) is 3.28. The molecule has 0 saturated heterocycles. The molecule has 1 aromatic carbocycles. The summed E-state index contributed by atoms with van der Waals surface area (Å²) in [6, 6.07) is 8.79. The molecule has 132 valence electrons. The maximum Gasteiger partial charge on any atom is 0.322 e. The zero-order chi connectivity index (χ0) is 18.6. The van der Waals surface area contributed by atoms with E-state index in [4.69, 9.17) is 16.7 Å². The first-order chi connectivity index (χ1) is 11.7. The number of halogens is 1. The summed E-state index contributed by atoms with van der Waals surface area (Å²) in [4.78, 5) is 11.7. The number of nitrogens with one attached hydrogen (secondary N) is 1. The number of rotatable bonds is 5. The summed E-state index contributed by atoms with van der Waals surface area (Å²) < 4.78 is 26.9. The number of carbonyl (C=O) groups is 1. The van der Waals surface area contributed by atoms with Crippen molar-refractivity contribution in [1.82, 2.24) is 4.72 Å². The van der Waals surface area contributed by atoms with E-state index in [1.54, 1.807) is 44.2 Å². The predicted molar refractivity (Wildman–Crippen MR) is 98.3 cm³/mol. The van der Waals surface area contributed by atoms with Crippen molar-refractivity contribution in [3.05, 3.63) is 51.9 Å². The van der Waals surface area contributed by atoms with E-state index in [1.165, 1.54) is 6.07 Å². The molecule has 0 spiro atoms. The van der Waals surface area contributed by atoms with Crippen LogP contribution >= 0.6 is 22.9 Å². The molecule has 0 bridgehead atoms. The summed E-state index contributed by atoms with van der Waals surface area (Å²) in [5.41, 5.74) is 0.756. The average Bonchev–Trinajstić information content (AvgIpc) is 3.01. The van der Waals surface area contributed by atoms with Gasteiger partial charge in [0.05, 0.1) is 4.88 Å². The van der Waals surface area contributed by atoms with Crippen molar-refractivity contribution in [3.63, 3.8) is 0 Å². The van der Waals surface area contributed by atoms with Gasteiger partial charge in [0.2, 0.25) is 0 Å². The lowest BCUT2D eigenvalue weighted by atomic mass is 10.1. The summed E-state index contributed by atoms with van der Waals surface area (Å²) in [5.74, 6) is 4.22. The molecule has 0 aliphatic heterocycles. The molecule has 1 unspecified atom stereocenters. The number of sulfonamides is 1. The van der Waals surface area contributed by atoms with E-state index in [0.29, 0.717) is 9.90 Å². The van der Waals surface area contributed by atoms with Gasteiger partial charge in [0.25, 0.3) is 10.0 Å². The van der Waals surface area contributed by atoms with Gasteiger partial charge in [0, 0.05) is 10.6 Å². The van der Waals surface area contributed by atoms with Crippen LogP contribution in [0.2, 0.25) is 5.02 Å². The summed E-state index contributed by atoms with van der Waals surface area (Å²) >= 11 is 6.79. The minimum absolute atomic E-state index is 0.0276. The fourth-order valence-electron chi connectivity index (χ4n) is 1.90. The van der Waals surface area contributed by atoms with E-state index in [2.05, 4.69) is 16.6 Å². The van der Waals surface area contributed by atoms with Gasteiger partial charge in [-0.3, -0.25) is 4.79 Å². The van der Waals surface area contributed by atoms with Gasteiger partial charge < -0.3 is 5.11 Å². The van der Waals surface area contributed by atoms with Gasteiger partial charge in [-0.15, -0.1) is 11.3 Å². The van der Waals surface area contributed by atoms with Crippen LogP contribution in [0.25, 0.3) is 0 Å². The molecule has 0 aliphatic rings. The van der Waals surface area contributed by atoms with Crippen molar-refractivity contribution < 1.29 is 18.3 Å². The Labute approximate surface area is 155 Å². The standard InChI is InChI=1S/C17H16ClNO4S2/c1-11(2)16(17(20)21)19-25(22,23)15-10-9-14(24-15)8-5-12-3-6-13(18)7-4-12/h3-4,6-7,9-11,16,19H,1-2H3,(H,20,21). The quantitative estimate of drug-likeness (QED) is 0.759. The molecule has 1 atom stereocenters. The lowest BCUT2D eigenvalue weighted by Gasteiger charge is -2.17. The third kappa shape index (κ3) is 5.31. The Morgan fingerprint density at radius 1 is 1.16 bits per heavy atom. The van der Waals surface area contributed by atoms with Crippen LogP contribution in [0.3, 0.4) is 0 Å². The molecule has 5 nitrogen and oxygen atoms in total. The highest BCUT2D eigenvalue weighted by molar-refractivity contribution is 7.91. The normalized spacial score (nSPS) is 12.5. The van der Waals surface area contributed by atoms with Crippen LogP contribution in [-0.4, -0.2) is 25.5 Å². The molecule has 1 heterocycles. The van der Waals surface area contributed by atoms with Crippen molar-refractivity contribution in [2.45, 2.75) is 24.1 Å². The zero-order valence-electron chi connectivity index (χ0n) is 13.5. The number of aliphatic carboxylic acids is 1. The van der Waals surface area contributed by atoms with Crippen LogP contribution in [0.1, 0.15) is 24.3 Å². The van der Waals surface area contributed by atoms with Crippen molar-refractivity contribution in [2.75, 3.05) is 0 Å². The second kappa shape index (κ2) is 8.02. The van der Waals surface area contributed by atoms with Crippen molar-refractivity contribution in [3.8, 4) is 11.8 Å². The first-order valence-corrected chi connectivity index (χ1v) is 9.99. The minimum atomic E-state index is -3.91. The second-order valence-corrected chi connectivity index (χ2v) is 9.02. The summed E-state index contributed by atoms with van der Waals surface area (Å²) in [6.07, 6.45) is 0. The summed E-state index contributed by atoms with van der Waals surface area (Å²) in [5, 5.41) is 9.74. The molecular formula is C17H16ClNO4S2. The molecule has 1 aromatic heterocycles. The fraction of sp³-hybridized carbons (Fsp3) is 0.235. The highest BCUT2D eigenvalue weighted by Crippen LogP contribution is 2.22. The molecule has 0 aliphatic carbocycles. The molecule has 0 fully saturated rings. The van der Waals surface area contributed by atoms with Gasteiger partial charge >= 0.3 is 5.97 Å². The molecule has 0 saturated carbocycles. The van der Waals surface area contributed by atoms with E-state index in [9.17, 15) is 13.2 Å². The topological polar surface area (TPSA) is 83.5 Å². The first kappa shape index (κ1) is 19.5. The maximum absolute atomic E-state index is 12.3. The highest BCUT2D eigenvalue weighted by atomic mass is 35.5. The maximum atomic E-state index is 12.3. The SMILES string of the molecule is CC(C)C(NS(=O)(=O)c1ccc(C#Cc2ccc(Cl)cc2)s1)C(=O)O. The number of carboxylic acid groups (broad SMARTS) is 1. The average molecular weight is 398 g/mol. The number of carboxylic acids is 1. The van der Waals surface area contributed by atoms with Gasteiger partial charge in [-0.2, -0.15) is 4.72 Å². The molecule has 0 amide bonds. The Morgan fingerprint density at radius 3 is 2.36 bits per heavy atom. The monoisotopic (exact) mass is 397 g/mol. The third-order valence-corrected chi connectivity index (χ3v) is 6.42. The van der Waals surface area contributed by atoms with Crippen LogP contribution < -0.4 is 4.72 Å². The van der Waals surface area contributed by atoms with Crippen LogP contribution in [0.4, 0.5) is 0 Å². The molecule has 8 heteroatoms. The minimum Gasteiger partial charge on any atom is -0.480 e. The lowest BCUT2D eigenvalue weighted by Crippen LogP contribution is -2.43. The Hall–Kier alpha value is -1.85. The van der Waals surface area contributed by atoms with Gasteiger partial charge in [0.1, 0.15) is 10.3 Å². The number of hydrogen-bond acceptors (Lipinski definition) is 4. The lowest BCUT2D eigenvalue weighted by molar-refractivity contribution is -0.140. The van der Waals surface area contributed by atoms with E-state index in [1.807, 2.05) is 0 Å². The molecule has 0 radical (unpaired) electrons. The second-order valence-electron chi connectivity index (χ2n) is 5.56. The molecule has 2 rings (SSSR count). The fourth-order valence-corrected chi connectivity index (χ4v) is 4.54. The summed E-state index contributed by atoms with van der Waals surface area (Å²) in [7, 11) is -3.91. The van der Waals surface area contributed by atoms with Crippen LogP contribution in [-0.2, 0) is 14.8 Å². The molecule has 2 N–H and O–H groups in total. The van der Waals surface area contributed by atoms with Crippen molar-refractivity contribution in [1.29, 1.82) is 0 Å². The van der Waals surface area contributed by atoms with Gasteiger partial charge in [-0.1, -0.05) is 37.3 Å². The largest absolute Gasteiger partial charge is 0.480 e. The van der Waals surface area contributed by atoms with E-state index < -0.39 is 22.0 Å². The van der Waals surface area contributed by atoms with Gasteiger partial charge in [-0.25, -0.2) is 8.42 Å². The van der Waals surface area contributed by atoms with Gasteiger partial charge in [-0.05, 0) is 42.3 Å². The van der Waals surface area contributed by atoms with Gasteiger partial charge in [0.15, 0.2) is 0 Å². The van der Waals surface area contributed by atoms with Crippen LogP contribution in [0.15, 0.2) is 40.6 Å². The van der Waals surface area contributed by atoms with E-state index in [-0.39, 0.29) is 10.1 Å². The zero-order valence-corrected chi connectivity index (χ0v) is 15.9. The number of thiophene rings is 1. The smallest absolute Gasteiger partial charge is 0.322 e. The predicted octanol–water partition coefficient (Wildman–Crippen LogP) is 3.19.